The number of aromatic nitrogens is 3. The van der Waals surface area contributed by atoms with Crippen LogP contribution in [0.2, 0.25) is 0 Å². The van der Waals surface area contributed by atoms with Crippen molar-refractivity contribution in [2.45, 2.75) is 19.5 Å². The number of nitrogens with zero attached hydrogens (tertiary/aromatic N) is 4. The number of imidazole rings is 1. The van der Waals surface area contributed by atoms with Crippen LogP contribution >= 0.6 is 0 Å². The van der Waals surface area contributed by atoms with E-state index in [4.69, 9.17) is 10.8 Å². The minimum absolute atomic E-state index is 0.109. The highest BCUT2D eigenvalue weighted by atomic mass is 32.2. The Bertz CT molecular complexity index is 1170. The number of hydrogen-bond acceptors (Lipinski definition) is 6. The molecule has 3 aromatic rings. The third-order valence-electron chi connectivity index (χ3n) is 4.82. The first-order valence-electron chi connectivity index (χ1n) is 8.85. The number of pyridine rings is 1. The van der Waals surface area contributed by atoms with Gasteiger partial charge in [-0.15, -0.1) is 0 Å². The molecule has 2 aromatic heterocycles. The summed E-state index contributed by atoms with van der Waals surface area (Å²) in [4.78, 5) is 19.8. The van der Waals surface area contributed by atoms with Crippen LogP contribution in [0.5, 0.6) is 0 Å². The number of sulfonamides is 1. The van der Waals surface area contributed by atoms with Crippen LogP contribution in [0.1, 0.15) is 12.2 Å². The zero-order chi connectivity index (χ0) is 19.9. The first-order chi connectivity index (χ1) is 13.4. The Labute approximate surface area is 161 Å². The second-order valence-corrected chi connectivity index (χ2v) is 8.71. The molecule has 0 aliphatic carbocycles. The van der Waals surface area contributed by atoms with Crippen molar-refractivity contribution in [2.24, 2.45) is 0 Å². The van der Waals surface area contributed by atoms with Crippen molar-refractivity contribution in [2.75, 3.05) is 24.6 Å². The van der Waals surface area contributed by atoms with E-state index in [2.05, 4.69) is 15.3 Å². The number of carboxylic acid groups (broad SMARTS) is 1. The van der Waals surface area contributed by atoms with Gasteiger partial charge in [0.1, 0.15) is 11.3 Å². The standard InChI is InChI=1S/C17H20N6O4S/c18-16-14-15(11-4-1-2-5-12(11)20-16)23(8-6-19-17(24)25)13(21-14)10-22-7-3-9-28(22,26)27/h1-2,4-5,19H,3,6-10H2,(H2,18,20)(H,24,25). The number of rotatable bonds is 5. The van der Waals surface area contributed by atoms with Gasteiger partial charge in [0.05, 0.1) is 23.3 Å². The average molecular weight is 404 g/mol. The molecule has 1 amide bonds. The number of fused-ring (bicyclic) bond motifs is 3. The highest BCUT2D eigenvalue weighted by molar-refractivity contribution is 7.89. The fourth-order valence-corrected chi connectivity index (χ4v) is 5.04. The molecule has 4 rings (SSSR count). The van der Waals surface area contributed by atoms with Crippen LogP contribution in [0.25, 0.3) is 21.9 Å². The average Bonchev–Trinajstić information content (AvgIpc) is 3.16. The van der Waals surface area contributed by atoms with Crippen LogP contribution in [0.4, 0.5) is 10.6 Å². The summed E-state index contributed by atoms with van der Waals surface area (Å²) in [5, 5.41) is 12.0. The van der Waals surface area contributed by atoms with Gasteiger partial charge in [-0.05, 0) is 12.5 Å². The lowest BCUT2D eigenvalue weighted by Gasteiger charge is -2.16. The van der Waals surface area contributed by atoms with Crippen LogP contribution in [-0.2, 0) is 23.1 Å². The second kappa shape index (κ2) is 6.91. The molecule has 148 valence electrons. The largest absolute Gasteiger partial charge is 0.465 e. The van der Waals surface area contributed by atoms with Gasteiger partial charge in [-0.3, -0.25) is 0 Å². The number of nitrogens with one attached hydrogen (secondary N) is 1. The maximum atomic E-state index is 12.2. The Balaban J connectivity index is 1.86. The molecule has 0 saturated carbocycles. The molecule has 3 heterocycles. The fourth-order valence-electron chi connectivity index (χ4n) is 3.57. The monoisotopic (exact) mass is 404 g/mol. The van der Waals surface area contributed by atoms with Gasteiger partial charge in [-0.25, -0.2) is 23.2 Å². The Morgan fingerprint density at radius 2 is 2.07 bits per heavy atom. The highest BCUT2D eigenvalue weighted by Crippen LogP contribution is 2.29. The summed E-state index contributed by atoms with van der Waals surface area (Å²) in [6, 6.07) is 7.45. The van der Waals surface area contributed by atoms with Gasteiger partial charge in [0.2, 0.25) is 10.0 Å². The molecule has 11 heteroatoms. The second-order valence-electron chi connectivity index (χ2n) is 6.63. The van der Waals surface area contributed by atoms with Crippen LogP contribution in [-0.4, -0.2) is 57.3 Å². The van der Waals surface area contributed by atoms with Crippen LogP contribution in [0.3, 0.4) is 0 Å². The molecule has 28 heavy (non-hydrogen) atoms. The molecule has 0 atom stereocenters. The van der Waals surface area contributed by atoms with E-state index in [9.17, 15) is 13.2 Å². The maximum absolute atomic E-state index is 12.2. The number of nitrogens with two attached hydrogens (primary N) is 1. The van der Waals surface area contributed by atoms with Crippen molar-refractivity contribution >= 4 is 43.9 Å². The molecule has 4 N–H and O–H groups in total. The summed E-state index contributed by atoms with van der Waals surface area (Å²) in [5.74, 6) is 0.891. The van der Waals surface area contributed by atoms with Gasteiger partial charge in [0, 0.05) is 25.0 Å². The molecule has 0 unspecified atom stereocenters. The molecule has 0 bridgehead atoms. The van der Waals surface area contributed by atoms with Gasteiger partial charge in [-0.1, -0.05) is 18.2 Å². The molecular formula is C17H20N6O4S. The number of benzene rings is 1. The topological polar surface area (TPSA) is 143 Å². The zero-order valence-electron chi connectivity index (χ0n) is 15.0. The molecule has 0 spiro atoms. The smallest absolute Gasteiger partial charge is 0.404 e. The Hall–Kier alpha value is -2.92. The summed E-state index contributed by atoms with van der Waals surface area (Å²) in [5.41, 5.74) is 8.02. The number of amides is 1. The van der Waals surface area contributed by atoms with Crippen LogP contribution in [0.15, 0.2) is 24.3 Å². The van der Waals surface area contributed by atoms with Gasteiger partial charge in [0.15, 0.2) is 5.82 Å². The van der Waals surface area contributed by atoms with E-state index in [1.807, 2.05) is 28.8 Å². The summed E-state index contributed by atoms with van der Waals surface area (Å²) in [6.45, 7) is 0.988. The first-order valence-corrected chi connectivity index (χ1v) is 10.5. The Morgan fingerprint density at radius 3 is 2.79 bits per heavy atom. The van der Waals surface area contributed by atoms with Crippen molar-refractivity contribution < 1.29 is 18.3 Å². The highest BCUT2D eigenvalue weighted by Gasteiger charge is 2.30. The van der Waals surface area contributed by atoms with E-state index >= 15 is 0 Å². The van der Waals surface area contributed by atoms with Gasteiger partial charge < -0.3 is 20.7 Å². The predicted octanol–water partition coefficient (Wildman–Crippen LogP) is 0.970. The van der Waals surface area contributed by atoms with Crippen molar-refractivity contribution in [3.8, 4) is 0 Å². The SMILES string of the molecule is Nc1nc2ccccc2c2c1nc(CN1CCCS1(=O)=O)n2CCNC(=O)O. The summed E-state index contributed by atoms with van der Waals surface area (Å²) < 4.78 is 27.7. The number of hydrogen-bond donors (Lipinski definition) is 3. The lowest BCUT2D eigenvalue weighted by Crippen LogP contribution is -2.29. The van der Waals surface area contributed by atoms with E-state index in [1.54, 1.807) is 0 Å². The molecule has 0 radical (unpaired) electrons. The van der Waals surface area contributed by atoms with E-state index < -0.39 is 16.1 Å². The minimum atomic E-state index is -3.30. The van der Waals surface area contributed by atoms with E-state index in [-0.39, 0.29) is 24.7 Å². The molecule has 1 fully saturated rings. The van der Waals surface area contributed by atoms with Crippen molar-refractivity contribution in [3.63, 3.8) is 0 Å². The maximum Gasteiger partial charge on any atom is 0.404 e. The molecular weight excluding hydrogens is 384 g/mol. The van der Waals surface area contributed by atoms with Crippen LogP contribution < -0.4 is 11.1 Å². The molecule has 10 nitrogen and oxygen atoms in total. The Morgan fingerprint density at radius 1 is 1.29 bits per heavy atom. The van der Waals surface area contributed by atoms with E-state index in [0.717, 1.165) is 10.9 Å². The molecule has 1 saturated heterocycles. The summed E-state index contributed by atoms with van der Waals surface area (Å²) >= 11 is 0. The molecule has 1 aliphatic heterocycles. The number of carbonyl (C=O) groups is 1. The van der Waals surface area contributed by atoms with Crippen molar-refractivity contribution in [1.29, 1.82) is 0 Å². The number of nitrogen functional groups attached to an aromatic ring is 1. The molecule has 1 aliphatic rings. The normalized spacial score (nSPS) is 16.7. The lowest BCUT2D eigenvalue weighted by atomic mass is 10.2. The van der Waals surface area contributed by atoms with Gasteiger partial charge in [-0.2, -0.15) is 4.31 Å². The zero-order valence-corrected chi connectivity index (χ0v) is 15.8. The predicted molar refractivity (Wildman–Crippen MR) is 104 cm³/mol. The first kappa shape index (κ1) is 18.4. The summed E-state index contributed by atoms with van der Waals surface area (Å²) in [7, 11) is -3.30. The quantitative estimate of drug-likeness (QED) is 0.575. The molecule has 1 aromatic carbocycles. The lowest BCUT2D eigenvalue weighted by molar-refractivity contribution is 0.194. The van der Waals surface area contributed by atoms with Crippen LogP contribution in [0, 0.1) is 0 Å². The Kier molecular flexibility index (Phi) is 4.55. The fraction of sp³-hybridized carbons (Fsp3) is 0.353. The number of anilines is 1. The third kappa shape index (κ3) is 3.22. The third-order valence-corrected chi connectivity index (χ3v) is 6.72. The summed E-state index contributed by atoms with van der Waals surface area (Å²) in [6.07, 6.45) is -0.547. The van der Waals surface area contributed by atoms with E-state index in [0.29, 0.717) is 36.4 Å². The van der Waals surface area contributed by atoms with Gasteiger partial charge >= 0.3 is 6.09 Å². The number of para-hydroxylation sites is 1. The minimum Gasteiger partial charge on any atom is -0.465 e. The van der Waals surface area contributed by atoms with E-state index in [1.165, 1.54) is 4.31 Å². The van der Waals surface area contributed by atoms with Crippen molar-refractivity contribution in [3.05, 3.63) is 30.1 Å². The van der Waals surface area contributed by atoms with Gasteiger partial charge in [0.25, 0.3) is 0 Å². The van der Waals surface area contributed by atoms with Crippen molar-refractivity contribution in [1.82, 2.24) is 24.2 Å².